The second-order valence-corrected chi connectivity index (χ2v) is 5.85. The molecule has 0 bridgehead atoms. The normalized spacial score (nSPS) is 15.1. The number of benzene rings is 2. The summed E-state index contributed by atoms with van der Waals surface area (Å²) in [7, 11) is 2.07. The average Bonchev–Trinajstić information content (AvgIpc) is 2.94. The lowest BCUT2D eigenvalue weighted by Crippen LogP contribution is -2.19. The lowest BCUT2D eigenvalue weighted by molar-refractivity contribution is 0.590. The Morgan fingerprint density at radius 2 is 1.85 bits per heavy atom. The number of fused-ring (bicyclic) bond motifs is 1. The number of hydrogen-bond donors (Lipinski definition) is 1. The van der Waals surface area contributed by atoms with E-state index >= 15 is 0 Å². The van der Waals surface area contributed by atoms with Gasteiger partial charge in [-0.3, -0.25) is 0 Å². The number of nitrogens with one attached hydrogen (secondary N) is 1. The van der Waals surface area contributed by atoms with Gasteiger partial charge in [-0.1, -0.05) is 42.5 Å². The molecule has 0 aliphatic heterocycles. The predicted octanol–water partition coefficient (Wildman–Crippen LogP) is 3.99. The molecule has 0 amide bonds. The van der Waals surface area contributed by atoms with Crippen LogP contribution in [0.5, 0.6) is 0 Å². The molecule has 0 fully saturated rings. The smallest absolute Gasteiger partial charge is 0.0358 e. The van der Waals surface area contributed by atoms with Crippen molar-refractivity contribution in [3.05, 3.63) is 70.3 Å². The largest absolute Gasteiger partial charge is 0.313 e. The molecule has 104 valence electrons. The second kappa shape index (κ2) is 5.80. The van der Waals surface area contributed by atoms with Crippen LogP contribution in [0.25, 0.3) is 0 Å². The van der Waals surface area contributed by atoms with Crippen molar-refractivity contribution in [2.24, 2.45) is 0 Å². The van der Waals surface area contributed by atoms with Crippen LogP contribution < -0.4 is 5.32 Å². The Labute approximate surface area is 122 Å². The fourth-order valence-corrected chi connectivity index (χ4v) is 3.25. The molecular weight excluding hydrogens is 242 g/mol. The van der Waals surface area contributed by atoms with E-state index in [1.54, 1.807) is 11.1 Å². The summed E-state index contributed by atoms with van der Waals surface area (Å²) in [5.41, 5.74) is 7.37. The molecule has 0 radical (unpaired) electrons. The van der Waals surface area contributed by atoms with Gasteiger partial charge in [0, 0.05) is 6.04 Å². The van der Waals surface area contributed by atoms with Gasteiger partial charge in [0.25, 0.3) is 0 Å². The van der Waals surface area contributed by atoms with E-state index in [-0.39, 0.29) is 0 Å². The highest BCUT2D eigenvalue weighted by atomic mass is 14.9. The monoisotopic (exact) mass is 265 g/mol. The average molecular weight is 265 g/mol. The summed E-state index contributed by atoms with van der Waals surface area (Å²) in [5.74, 6) is 0. The second-order valence-electron chi connectivity index (χ2n) is 5.85. The van der Waals surface area contributed by atoms with Crippen LogP contribution in [0.15, 0.2) is 42.5 Å². The van der Waals surface area contributed by atoms with Crippen LogP contribution in [-0.2, 0) is 19.3 Å². The van der Waals surface area contributed by atoms with Crippen LogP contribution in [0.4, 0.5) is 0 Å². The molecule has 2 aromatic rings. The SMILES string of the molecule is CNC(Cc1ccccc1C)c1ccc2c(c1)CCC2. The molecule has 0 saturated carbocycles. The zero-order valence-corrected chi connectivity index (χ0v) is 12.4. The summed E-state index contributed by atoms with van der Waals surface area (Å²) in [6.45, 7) is 2.20. The minimum atomic E-state index is 0.405. The molecule has 1 heteroatoms. The maximum atomic E-state index is 3.49. The maximum Gasteiger partial charge on any atom is 0.0358 e. The molecule has 1 aliphatic rings. The molecule has 0 saturated heterocycles. The summed E-state index contributed by atoms with van der Waals surface area (Å²) in [6, 6.07) is 16.2. The van der Waals surface area contributed by atoms with Gasteiger partial charge in [0.05, 0.1) is 0 Å². The Morgan fingerprint density at radius 1 is 1.05 bits per heavy atom. The highest BCUT2D eigenvalue weighted by Gasteiger charge is 2.16. The van der Waals surface area contributed by atoms with E-state index in [1.165, 1.54) is 36.0 Å². The van der Waals surface area contributed by atoms with Crippen molar-refractivity contribution in [2.75, 3.05) is 7.05 Å². The minimum Gasteiger partial charge on any atom is -0.313 e. The first-order valence-electron chi connectivity index (χ1n) is 7.61. The van der Waals surface area contributed by atoms with E-state index in [1.807, 2.05) is 0 Å². The van der Waals surface area contributed by atoms with E-state index in [2.05, 4.69) is 61.8 Å². The molecule has 1 atom stereocenters. The number of hydrogen-bond acceptors (Lipinski definition) is 1. The Hall–Kier alpha value is -1.60. The minimum absolute atomic E-state index is 0.405. The van der Waals surface area contributed by atoms with Crippen molar-refractivity contribution in [3.8, 4) is 0 Å². The van der Waals surface area contributed by atoms with Crippen LogP contribution in [0.2, 0.25) is 0 Å². The topological polar surface area (TPSA) is 12.0 Å². The van der Waals surface area contributed by atoms with E-state index < -0.39 is 0 Å². The van der Waals surface area contributed by atoms with Crippen molar-refractivity contribution in [3.63, 3.8) is 0 Å². The Balaban J connectivity index is 1.85. The molecule has 1 nitrogen and oxygen atoms in total. The molecular formula is C19H23N. The predicted molar refractivity (Wildman–Crippen MR) is 85.2 cm³/mol. The first-order chi connectivity index (χ1) is 9.78. The third-order valence-electron chi connectivity index (χ3n) is 4.56. The highest BCUT2D eigenvalue weighted by Crippen LogP contribution is 2.27. The fourth-order valence-electron chi connectivity index (χ4n) is 3.25. The summed E-state index contributed by atoms with van der Waals surface area (Å²) in [6.07, 6.45) is 4.89. The van der Waals surface area contributed by atoms with Crippen molar-refractivity contribution in [1.82, 2.24) is 5.32 Å². The molecule has 1 unspecified atom stereocenters. The summed E-state index contributed by atoms with van der Waals surface area (Å²) < 4.78 is 0. The lowest BCUT2D eigenvalue weighted by Gasteiger charge is -2.19. The third-order valence-corrected chi connectivity index (χ3v) is 4.56. The van der Waals surface area contributed by atoms with E-state index in [9.17, 15) is 0 Å². The van der Waals surface area contributed by atoms with Gasteiger partial charge < -0.3 is 5.32 Å². The Morgan fingerprint density at radius 3 is 2.65 bits per heavy atom. The van der Waals surface area contributed by atoms with Gasteiger partial charge in [0.2, 0.25) is 0 Å². The van der Waals surface area contributed by atoms with E-state index in [4.69, 9.17) is 0 Å². The molecule has 0 spiro atoms. The third kappa shape index (κ3) is 2.64. The van der Waals surface area contributed by atoms with Gasteiger partial charge in [-0.2, -0.15) is 0 Å². The number of rotatable bonds is 4. The van der Waals surface area contributed by atoms with Gasteiger partial charge in [-0.05, 0) is 67.5 Å². The first kappa shape index (κ1) is 13.4. The molecule has 1 aliphatic carbocycles. The Bertz CT molecular complexity index is 600. The quantitative estimate of drug-likeness (QED) is 0.881. The van der Waals surface area contributed by atoms with Crippen LogP contribution in [0, 0.1) is 6.92 Å². The van der Waals surface area contributed by atoms with E-state index in [0.29, 0.717) is 6.04 Å². The van der Waals surface area contributed by atoms with Crippen molar-refractivity contribution < 1.29 is 0 Å². The summed E-state index contributed by atoms with van der Waals surface area (Å²) >= 11 is 0. The molecule has 2 aromatic carbocycles. The van der Waals surface area contributed by atoms with Crippen molar-refractivity contribution in [2.45, 2.75) is 38.6 Å². The molecule has 20 heavy (non-hydrogen) atoms. The van der Waals surface area contributed by atoms with Crippen LogP contribution in [-0.4, -0.2) is 7.05 Å². The van der Waals surface area contributed by atoms with Gasteiger partial charge in [0.1, 0.15) is 0 Å². The fraction of sp³-hybridized carbons (Fsp3) is 0.368. The zero-order chi connectivity index (χ0) is 13.9. The van der Waals surface area contributed by atoms with Crippen LogP contribution >= 0.6 is 0 Å². The molecule has 0 aromatic heterocycles. The van der Waals surface area contributed by atoms with Crippen LogP contribution in [0.3, 0.4) is 0 Å². The van der Waals surface area contributed by atoms with Gasteiger partial charge in [0.15, 0.2) is 0 Å². The molecule has 3 rings (SSSR count). The highest BCUT2D eigenvalue weighted by molar-refractivity contribution is 5.37. The Kier molecular flexibility index (Phi) is 3.88. The van der Waals surface area contributed by atoms with Gasteiger partial charge in [-0.25, -0.2) is 0 Å². The van der Waals surface area contributed by atoms with Crippen LogP contribution in [0.1, 0.15) is 40.3 Å². The standard InChI is InChI=1S/C19H23N/c1-14-6-3-4-7-16(14)13-19(20-2)18-11-10-15-8-5-9-17(15)12-18/h3-4,6-7,10-12,19-20H,5,8-9,13H2,1-2H3. The first-order valence-corrected chi connectivity index (χ1v) is 7.61. The maximum absolute atomic E-state index is 3.49. The van der Waals surface area contributed by atoms with Gasteiger partial charge >= 0.3 is 0 Å². The number of aryl methyl sites for hydroxylation is 3. The summed E-state index contributed by atoms with van der Waals surface area (Å²) in [4.78, 5) is 0. The van der Waals surface area contributed by atoms with E-state index in [0.717, 1.165) is 6.42 Å². The zero-order valence-electron chi connectivity index (χ0n) is 12.4. The molecule has 0 heterocycles. The molecule has 1 N–H and O–H groups in total. The van der Waals surface area contributed by atoms with Crippen molar-refractivity contribution >= 4 is 0 Å². The van der Waals surface area contributed by atoms with Crippen molar-refractivity contribution in [1.29, 1.82) is 0 Å². The lowest BCUT2D eigenvalue weighted by atomic mass is 9.94. The summed E-state index contributed by atoms with van der Waals surface area (Å²) in [5, 5.41) is 3.49. The number of likely N-dealkylation sites (N-methyl/N-ethyl adjacent to an activating group) is 1. The van der Waals surface area contributed by atoms with Gasteiger partial charge in [-0.15, -0.1) is 0 Å².